The highest BCUT2D eigenvalue weighted by Gasteiger charge is 2.63. The number of aliphatic hydroxyl groups excluding tert-OH is 2. The van der Waals surface area contributed by atoms with Gasteiger partial charge in [0, 0.05) is 11.5 Å². The van der Waals surface area contributed by atoms with Gasteiger partial charge in [-0.1, -0.05) is 6.07 Å². The van der Waals surface area contributed by atoms with E-state index in [2.05, 4.69) is 5.32 Å². The molecule has 0 heterocycles. The van der Waals surface area contributed by atoms with Crippen molar-refractivity contribution in [2.45, 2.75) is 44.2 Å². The largest absolute Gasteiger partial charge is 0.510 e. The van der Waals surface area contributed by atoms with E-state index in [4.69, 9.17) is 0 Å². The van der Waals surface area contributed by atoms with Crippen LogP contribution >= 0.6 is 0 Å². The molecule has 3 aliphatic carbocycles. The van der Waals surface area contributed by atoms with Gasteiger partial charge in [0.25, 0.3) is 0 Å². The molecule has 0 spiro atoms. The molecule has 1 aromatic rings. The third-order valence-electron chi connectivity index (χ3n) is 7.68. The maximum Gasteiger partial charge on any atom is 0.209 e. The van der Waals surface area contributed by atoms with Crippen LogP contribution in [0.4, 0.5) is 0 Å². The zero-order valence-electron chi connectivity index (χ0n) is 20.4. The van der Waals surface area contributed by atoms with E-state index in [1.165, 1.54) is 6.07 Å². The molecule has 35 heavy (non-hydrogen) atoms. The molecule has 0 unspecified atom stereocenters. The van der Waals surface area contributed by atoms with E-state index in [-0.39, 0.29) is 23.3 Å². The van der Waals surface area contributed by atoms with E-state index in [0.29, 0.717) is 18.4 Å². The van der Waals surface area contributed by atoms with Gasteiger partial charge in [-0.15, -0.1) is 0 Å². The number of rotatable bonds is 6. The minimum absolute atomic E-state index is 0.0735. The van der Waals surface area contributed by atoms with Crippen molar-refractivity contribution in [2.24, 2.45) is 11.8 Å². The van der Waals surface area contributed by atoms with Crippen LogP contribution in [0.1, 0.15) is 41.3 Å². The number of Topliss-reactive ketones (excluding diaryl/α,β-unsaturated/α-hetero) is 3. The number of fused-ring (bicyclic) bond motifs is 3. The summed E-state index contributed by atoms with van der Waals surface area (Å²) < 4.78 is 0. The molecule has 0 bridgehead atoms. The van der Waals surface area contributed by atoms with Crippen LogP contribution in [0.25, 0.3) is 0 Å². The lowest BCUT2D eigenvalue weighted by Gasteiger charge is -2.50. The molecular weight excluding hydrogens is 452 g/mol. The van der Waals surface area contributed by atoms with Crippen molar-refractivity contribution < 1.29 is 34.8 Å². The van der Waals surface area contributed by atoms with Crippen LogP contribution in [-0.2, 0) is 22.4 Å². The fraction of sp³-hybridized carbons (Fsp3) is 0.500. The lowest BCUT2D eigenvalue weighted by atomic mass is 9.58. The standard InChI is InChI=1S/C26H32N2O7/c1-12(29)18-23(32)21(28(3)4)16-11-14-10-15-13(6-5-9-27-2)7-8-17(30)20(15)22(31)19(14)25(34)26(16,35)24(18)33/h7-8,14,16,21,27,30,32,34-35H,5-6,9-11H2,1-4H3/t14-,16-,21-,26+/m0/s1. The summed E-state index contributed by atoms with van der Waals surface area (Å²) >= 11 is 0. The molecule has 9 nitrogen and oxygen atoms in total. The molecule has 4 rings (SSSR count). The molecule has 0 saturated carbocycles. The van der Waals surface area contributed by atoms with Gasteiger partial charge in [-0.25, -0.2) is 0 Å². The number of hydrogen-bond donors (Lipinski definition) is 5. The monoisotopic (exact) mass is 484 g/mol. The first-order chi connectivity index (χ1) is 16.5. The quantitative estimate of drug-likeness (QED) is 0.298. The van der Waals surface area contributed by atoms with Gasteiger partial charge in [-0.05, 0) is 83.4 Å². The molecule has 0 aromatic heterocycles. The molecule has 188 valence electrons. The van der Waals surface area contributed by atoms with Crippen LogP contribution in [0.5, 0.6) is 5.75 Å². The Bertz CT molecular complexity index is 1180. The summed E-state index contributed by atoms with van der Waals surface area (Å²) in [4.78, 5) is 40.8. The van der Waals surface area contributed by atoms with Crippen LogP contribution in [0.15, 0.2) is 34.8 Å². The third-order valence-corrected chi connectivity index (χ3v) is 7.68. The summed E-state index contributed by atoms with van der Waals surface area (Å²) in [6.07, 6.45) is 1.96. The average Bonchev–Trinajstić information content (AvgIpc) is 2.77. The molecule has 0 radical (unpaired) electrons. The van der Waals surface area contributed by atoms with Gasteiger partial charge in [-0.3, -0.25) is 19.3 Å². The van der Waals surface area contributed by atoms with Crippen LogP contribution in [-0.4, -0.2) is 82.0 Å². The molecule has 0 amide bonds. The highest BCUT2D eigenvalue weighted by molar-refractivity contribution is 6.25. The molecule has 1 aromatic carbocycles. The van der Waals surface area contributed by atoms with E-state index in [1.807, 2.05) is 7.05 Å². The van der Waals surface area contributed by atoms with Crippen LogP contribution in [0.3, 0.4) is 0 Å². The van der Waals surface area contributed by atoms with E-state index < -0.39 is 57.9 Å². The number of phenols is 1. The van der Waals surface area contributed by atoms with Crippen LogP contribution in [0, 0.1) is 11.8 Å². The zero-order valence-corrected chi connectivity index (χ0v) is 20.4. The van der Waals surface area contributed by atoms with Gasteiger partial charge in [0.05, 0.1) is 11.6 Å². The number of nitrogens with one attached hydrogen (secondary N) is 1. The molecule has 0 fully saturated rings. The number of aryl methyl sites for hydroxylation is 1. The summed E-state index contributed by atoms with van der Waals surface area (Å²) in [5.74, 6) is -5.46. The SMILES string of the molecule is CNCCCc1ccc(O)c2c1C[C@H]1C[C@H]3[C@H](N(C)C)C(O)=C(C(C)=O)C(=O)[C@@]3(O)C(O)=C1C2=O. The highest BCUT2D eigenvalue weighted by atomic mass is 16.3. The molecule has 5 N–H and O–H groups in total. The number of nitrogens with zero attached hydrogens (tertiary/aromatic N) is 1. The molecular formula is C26H32N2O7. The fourth-order valence-electron chi connectivity index (χ4n) is 6.11. The summed E-state index contributed by atoms with van der Waals surface area (Å²) in [5.41, 5.74) is -1.54. The number of benzene rings is 1. The maximum atomic E-state index is 13.6. The summed E-state index contributed by atoms with van der Waals surface area (Å²) in [6, 6.07) is 2.33. The maximum absolute atomic E-state index is 13.6. The Hall–Kier alpha value is -3.01. The van der Waals surface area contributed by atoms with Crippen molar-refractivity contribution in [1.29, 1.82) is 0 Å². The number of aromatic hydroxyl groups is 1. The van der Waals surface area contributed by atoms with Gasteiger partial charge in [0.15, 0.2) is 17.2 Å². The molecule has 9 heteroatoms. The van der Waals surface area contributed by atoms with Crippen molar-refractivity contribution in [3.05, 3.63) is 51.5 Å². The Morgan fingerprint density at radius 1 is 1.20 bits per heavy atom. The fourth-order valence-corrected chi connectivity index (χ4v) is 6.11. The predicted molar refractivity (Wildman–Crippen MR) is 127 cm³/mol. The third kappa shape index (κ3) is 3.61. The molecule has 0 saturated heterocycles. The van der Waals surface area contributed by atoms with E-state index in [9.17, 15) is 34.8 Å². The topological polar surface area (TPSA) is 147 Å². The van der Waals surface area contributed by atoms with Crippen molar-refractivity contribution in [2.75, 3.05) is 27.7 Å². The smallest absolute Gasteiger partial charge is 0.209 e. The Morgan fingerprint density at radius 2 is 1.89 bits per heavy atom. The van der Waals surface area contributed by atoms with E-state index >= 15 is 0 Å². The number of hydrogen-bond acceptors (Lipinski definition) is 9. The Labute approximate surface area is 203 Å². The van der Waals surface area contributed by atoms with Crippen molar-refractivity contribution >= 4 is 17.3 Å². The predicted octanol–water partition coefficient (Wildman–Crippen LogP) is 1.38. The molecule has 4 atom stereocenters. The number of aliphatic hydroxyl groups is 3. The second-order valence-corrected chi connectivity index (χ2v) is 9.96. The number of allylic oxidation sites excluding steroid dienone is 1. The van der Waals surface area contributed by atoms with Crippen molar-refractivity contribution in [3.63, 3.8) is 0 Å². The Morgan fingerprint density at radius 3 is 2.49 bits per heavy atom. The summed E-state index contributed by atoms with van der Waals surface area (Å²) in [5, 5.41) is 47.5. The second kappa shape index (κ2) is 8.89. The second-order valence-electron chi connectivity index (χ2n) is 9.96. The lowest BCUT2D eigenvalue weighted by molar-refractivity contribution is -0.148. The minimum atomic E-state index is -2.54. The molecule has 3 aliphatic rings. The average molecular weight is 485 g/mol. The first-order valence-corrected chi connectivity index (χ1v) is 11.8. The van der Waals surface area contributed by atoms with Crippen molar-refractivity contribution in [1.82, 2.24) is 10.2 Å². The van der Waals surface area contributed by atoms with Gasteiger partial charge >= 0.3 is 0 Å². The van der Waals surface area contributed by atoms with Crippen molar-refractivity contribution in [3.8, 4) is 5.75 Å². The number of carbonyl (C=O) groups is 3. The van der Waals surface area contributed by atoms with Crippen LogP contribution in [0.2, 0.25) is 0 Å². The Kier molecular flexibility index (Phi) is 6.37. The highest BCUT2D eigenvalue weighted by Crippen LogP contribution is 2.52. The number of ketones is 3. The van der Waals surface area contributed by atoms with Gasteiger partial charge in [-0.2, -0.15) is 0 Å². The number of carbonyl (C=O) groups excluding carboxylic acids is 3. The minimum Gasteiger partial charge on any atom is -0.510 e. The zero-order chi connectivity index (χ0) is 25.8. The van der Waals surface area contributed by atoms with E-state index in [0.717, 1.165) is 25.5 Å². The normalized spacial score (nSPS) is 28.2. The van der Waals surface area contributed by atoms with Crippen LogP contribution < -0.4 is 5.32 Å². The number of phenolic OH excluding ortho intramolecular Hbond substituents is 1. The van der Waals surface area contributed by atoms with E-state index in [1.54, 1.807) is 25.1 Å². The molecule has 0 aliphatic heterocycles. The summed E-state index contributed by atoms with van der Waals surface area (Å²) in [6.45, 7) is 1.89. The first kappa shape index (κ1) is 25.1. The van der Waals surface area contributed by atoms with Gasteiger partial charge in [0.1, 0.15) is 22.8 Å². The van der Waals surface area contributed by atoms with Gasteiger partial charge in [0.2, 0.25) is 5.78 Å². The Balaban J connectivity index is 1.89. The lowest BCUT2D eigenvalue weighted by Crippen LogP contribution is -2.63. The number of likely N-dealkylation sites (N-methyl/N-ethyl adjacent to an activating group) is 1. The van der Waals surface area contributed by atoms with Gasteiger partial charge < -0.3 is 25.7 Å². The summed E-state index contributed by atoms with van der Waals surface area (Å²) in [7, 11) is 5.14. The first-order valence-electron chi connectivity index (χ1n) is 11.8.